The molecule has 0 aliphatic rings. The molecule has 0 spiro atoms. The van der Waals surface area contributed by atoms with Crippen molar-refractivity contribution in [1.29, 1.82) is 0 Å². The lowest BCUT2D eigenvalue weighted by atomic mass is 10.2. The number of unbranched alkanes of at least 4 members (excludes halogenated alkanes) is 1. The van der Waals surface area contributed by atoms with Crippen molar-refractivity contribution in [3.8, 4) is 0 Å². The summed E-state index contributed by atoms with van der Waals surface area (Å²) in [7, 11) is 1.96. The molecule has 0 bridgehead atoms. The van der Waals surface area contributed by atoms with Gasteiger partial charge in [0.1, 0.15) is 5.76 Å². The van der Waals surface area contributed by atoms with E-state index in [9.17, 15) is 9.59 Å². The predicted molar refractivity (Wildman–Crippen MR) is 100 cm³/mol. The molecule has 0 aliphatic heterocycles. The molecule has 0 aliphatic carbocycles. The van der Waals surface area contributed by atoms with E-state index >= 15 is 0 Å². The molecule has 0 aromatic carbocycles. The Bertz CT molecular complexity index is 691. The maximum atomic E-state index is 13.0. The van der Waals surface area contributed by atoms with Gasteiger partial charge in [-0.05, 0) is 30.7 Å². The molecule has 2 aromatic rings. The van der Waals surface area contributed by atoms with Crippen molar-refractivity contribution in [3.63, 3.8) is 0 Å². The average Bonchev–Trinajstić information content (AvgIpc) is 3.29. The van der Waals surface area contributed by atoms with E-state index in [2.05, 4.69) is 6.92 Å². The first-order chi connectivity index (χ1) is 12.5. The molecule has 0 N–H and O–H groups in total. The van der Waals surface area contributed by atoms with Gasteiger partial charge in [-0.1, -0.05) is 20.3 Å². The number of aromatic nitrogens is 1. The van der Waals surface area contributed by atoms with Gasteiger partial charge in [0.15, 0.2) is 0 Å². The fraction of sp³-hybridized carbons (Fsp3) is 0.500. The number of hydrogen-bond donors (Lipinski definition) is 0. The lowest BCUT2D eigenvalue weighted by molar-refractivity contribution is -0.141. The maximum Gasteiger partial charge on any atom is 0.242 e. The van der Waals surface area contributed by atoms with Crippen LogP contribution in [0.4, 0.5) is 0 Å². The van der Waals surface area contributed by atoms with Gasteiger partial charge >= 0.3 is 0 Å². The summed E-state index contributed by atoms with van der Waals surface area (Å²) < 4.78 is 7.42. The third-order valence-corrected chi connectivity index (χ3v) is 4.45. The Morgan fingerprint density at radius 3 is 2.46 bits per heavy atom. The lowest BCUT2D eigenvalue weighted by Gasteiger charge is -2.27. The zero-order valence-corrected chi connectivity index (χ0v) is 16.0. The van der Waals surface area contributed by atoms with Gasteiger partial charge in [0.2, 0.25) is 11.8 Å². The molecule has 0 saturated heterocycles. The zero-order chi connectivity index (χ0) is 18.9. The molecule has 0 atom stereocenters. The van der Waals surface area contributed by atoms with E-state index in [0.717, 1.165) is 24.3 Å². The van der Waals surface area contributed by atoms with Crippen LogP contribution in [0.1, 0.15) is 44.6 Å². The van der Waals surface area contributed by atoms with E-state index in [-0.39, 0.29) is 18.4 Å². The number of aryl methyl sites for hydroxylation is 1. The lowest BCUT2D eigenvalue weighted by Crippen LogP contribution is -2.42. The molecule has 6 heteroatoms. The number of amides is 2. The van der Waals surface area contributed by atoms with Crippen molar-refractivity contribution in [2.45, 2.75) is 46.2 Å². The second-order valence-electron chi connectivity index (χ2n) is 6.46. The third-order valence-electron chi connectivity index (χ3n) is 4.45. The van der Waals surface area contributed by atoms with Gasteiger partial charge in [-0.15, -0.1) is 0 Å². The predicted octanol–water partition coefficient (Wildman–Crippen LogP) is 3.19. The van der Waals surface area contributed by atoms with E-state index in [1.54, 1.807) is 16.1 Å². The van der Waals surface area contributed by atoms with Crippen LogP contribution >= 0.6 is 0 Å². The van der Waals surface area contributed by atoms with Crippen LogP contribution in [-0.2, 0) is 29.7 Å². The second-order valence-corrected chi connectivity index (χ2v) is 6.46. The summed E-state index contributed by atoms with van der Waals surface area (Å²) in [6.07, 6.45) is 5.86. The smallest absolute Gasteiger partial charge is 0.242 e. The molecule has 0 unspecified atom stereocenters. The highest BCUT2D eigenvalue weighted by Gasteiger charge is 2.22. The molecule has 2 heterocycles. The first-order valence-electron chi connectivity index (χ1n) is 9.23. The van der Waals surface area contributed by atoms with Gasteiger partial charge in [0, 0.05) is 31.9 Å². The van der Waals surface area contributed by atoms with Crippen LogP contribution < -0.4 is 0 Å². The summed E-state index contributed by atoms with van der Waals surface area (Å²) in [5.74, 6) is 0.679. The molecule has 142 valence electrons. The van der Waals surface area contributed by atoms with Crippen molar-refractivity contribution >= 4 is 11.8 Å². The number of hydrogen-bond acceptors (Lipinski definition) is 3. The van der Waals surface area contributed by atoms with Gasteiger partial charge in [-0.3, -0.25) is 9.59 Å². The Morgan fingerprint density at radius 1 is 1.08 bits per heavy atom. The molecule has 2 rings (SSSR count). The van der Waals surface area contributed by atoms with Crippen molar-refractivity contribution in [2.24, 2.45) is 7.05 Å². The van der Waals surface area contributed by atoms with Gasteiger partial charge in [0.25, 0.3) is 0 Å². The number of nitrogens with zero attached hydrogens (tertiary/aromatic N) is 3. The first-order valence-corrected chi connectivity index (χ1v) is 9.23. The van der Waals surface area contributed by atoms with Gasteiger partial charge in [-0.25, -0.2) is 0 Å². The van der Waals surface area contributed by atoms with Crippen LogP contribution in [0.25, 0.3) is 0 Å². The minimum atomic E-state index is -0.0690. The summed E-state index contributed by atoms with van der Waals surface area (Å²) in [5, 5.41) is 0. The normalized spacial score (nSPS) is 10.7. The summed E-state index contributed by atoms with van der Waals surface area (Å²) >= 11 is 0. The molecule has 6 nitrogen and oxygen atoms in total. The maximum absolute atomic E-state index is 13.0. The van der Waals surface area contributed by atoms with Crippen LogP contribution in [0.15, 0.2) is 41.1 Å². The summed E-state index contributed by atoms with van der Waals surface area (Å²) in [6, 6.07) is 7.62. The Labute approximate surface area is 155 Å². The number of furan rings is 1. The largest absolute Gasteiger partial charge is 0.467 e. The highest BCUT2D eigenvalue weighted by Crippen LogP contribution is 2.12. The zero-order valence-electron chi connectivity index (χ0n) is 16.0. The quantitative estimate of drug-likeness (QED) is 0.655. The molecule has 2 aromatic heterocycles. The number of carbonyl (C=O) groups is 2. The van der Waals surface area contributed by atoms with Crippen LogP contribution in [0.2, 0.25) is 0 Å². The van der Waals surface area contributed by atoms with Crippen LogP contribution in [-0.4, -0.2) is 39.3 Å². The van der Waals surface area contributed by atoms with E-state index in [1.807, 2.05) is 49.0 Å². The van der Waals surface area contributed by atoms with Crippen molar-refractivity contribution in [3.05, 3.63) is 48.2 Å². The molecule has 0 radical (unpaired) electrons. The molecular formula is C20H29N3O3. The minimum absolute atomic E-state index is 0.0172. The van der Waals surface area contributed by atoms with Crippen LogP contribution in [0.3, 0.4) is 0 Å². The van der Waals surface area contributed by atoms with Gasteiger partial charge in [0.05, 0.1) is 25.9 Å². The van der Waals surface area contributed by atoms with E-state index in [4.69, 9.17) is 4.42 Å². The molecule has 0 fully saturated rings. The first kappa shape index (κ1) is 19.8. The van der Waals surface area contributed by atoms with Crippen molar-refractivity contribution in [1.82, 2.24) is 14.4 Å². The summed E-state index contributed by atoms with van der Waals surface area (Å²) in [6.45, 7) is 5.50. The fourth-order valence-electron chi connectivity index (χ4n) is 2.81. The van der Waals surface area contributed by atoms with Gasteiger partial charge in [-0.2, -0.15) is 0 Å². The fourth-order valence-corrected chi connectivity index (χ4v) is 2.81. The third kappa shape index (κ3) is 5.51. The van der Waals surface area contributed by atoms with Crippen molar-refractivity contribution < 1.29 is 14.0 Å². The van der Waals surface area contributed by atoms with E-state index in [1.165, 1.54) is 0 Å². The molecule has 0 saturated carbocycles. The highest BCUT2D eigenvalue weighted by atomic mass is 16.3. The Kier molecular flexibility index (Phi) is 7.51. The monoisotopic (exact) mass is 359 g/mol. The standard InChI is InChI=1S/C20H29N3O3/c1-4-6-12-22(19(24)5-2)16-20(25)23(15-18-10-8-13-26-18)14-17-9-7-11-21(17)3/h7-11,13H,4-6,12,14-16H2,1-3H3. The summed E-state index contributed by atoms with van der Waals surface area (Å²) in [4.78, 5) is 28.6. The molecular weight excluding hydrogens is 330 g/mol. The van der Waals surface area contributed by atoms with Crippen LogP contribution in [0.5, 0.6) is 0 Å². The molecule has 2 amide bonds. The van der Waals surface area contributed by atoms with Gasteiger partial charge < -0.3 is 18.8 Å². The number of rotatable bonds is 10. The summed E-state index contributed by atoms with van der Waals surface area (Å²) in [5.41, 5.74) is 1.03. The average molecular weight is 359 g/mol. The molecule has 26 heavy (non-hydrogen) atoms. The van der Waals surface area contributed by atoms with Crippen LogP contribution in [0, 0.1) is 0 Å². The Balaban J connectivity index is 2.12. The minimum Gasteiger partial charge on any atom is -0.467 e. The topological polar surface area (TPSA) is 58.7 Å². The van der Waals surface area contributed by atoms with E-state index in [0.29, 0.717) is 26.1 Å². The highest BCUT2D eigenvalue weighted by molar-refractivity contribution is 5.84. The SMILES string of the molecule is CCCCN(CC(=O)N(Cc1ccco1)Cc1cccn1C)C(=O)CC. The second kappa shape index (κ2) is 9.85. The van der Waals surface area contributed by atoms with Crippen molar-refractivity contribution in [2.75, 3.05) is 13.1 Å². The Morgan fingerprint density at radius 2 is 1.88 bits per heavy atom. The van der Waals surface area contributed by atoms with E-state index < -0.39 is 0 Å². The Hall–Kier alpha value is -2.50. The number of carbonyl (C=O) groups excluding carboxylic acids is 2.